The molecule has 1 aromatic heterocycles. The third kappa shape index (κ3) is 2.76. The summed E-state index contributed by atoms with van der Waals surface area (Å²) in [5, 5.41) is 13.0. The summed E-state index contributed by atoms with van der Waals surface area (Å²) in [6.07, 6.45) is 2.02. The first-order valence-corrected chi connectivity index (χ1v) is 7.77. The molecule has 0 spiro atoms. The van der Waals surface area contributed by atoms with Gasteiger partial charge in [-0.15, -0.1) is 11.3 Å². The van der Waals surface area contributed by atoms with E-state index in [0.29, 0.717) is 18.5 Å². The van der Waals surface area contributed by atoms with Gasteiger partial charge in [0.15, 0.2) is 0 Å². The molecule has 1 aromatic carbocycles. The molecule has 2 atom stereocenters. The van der Waals surface area contributed by atoms with Gasteiger partial charge in [-0.1, -0.05) is 6.42 Å². The van der Waals surface area contributed by atoms with Crippen molar-refractivity contribution in [1.29, 1.82) is 0 Å². The summed E-state index contributed by atoms with van der Waals surface area (Å²) in [7, 11) is 0. The molecule has 1 aliphatic rings. The Bertz CT molecular complexity index is 710. The fourth-order valence-corrected chi connectivity index (χ4v) is 3.79. The van der Waals surface area contributed by atoms with Crippen molar-refractivity contribution in [3.63, 3.8) is 0 Å². The molecule has 0 bridgehead atoms. The number of benzene rings is 1. The maximum absolute atomic E-state index is 12.3. The summed E-state index contributed by atoms with van der Waals surface area (Å²) in [6.45, 7) is 1.94. The van der Waals surface area contributed by atoms with Gasteiger partial charge in [-0.2, -0.15) is 0 Å². The van der Waals surface area contributed by atoms with E-state index in [2.05, 4.69) is 10.3 Å². The molecule has 1 heterocycles. The normalized spacial score (nSPS) is 21.6. The Morgan fingerprint density at radius 1 is 1.33 bits per heavy atom. The number of nitrogens with zero attached hydrogens (tertiary/aromatic N) is 1. The molecular weight excluding hydrogens is 288 g/mol. The third-order valence-electron chi connectivity index (χ3n) is 3.93. The highest BCUT2D eigenvalue weighted by molar-refractivity contribution is 7.18. The number of thiazole rings is 1. The lowest BCUT2D eigenvalue weighted by Crippen LogP contribution is -2.29. The van der Waals surface area contributed by atoms with Crippen LogP contribution in [0.2, 0.25) is 0 Å². The summed E-state index contributed by atoms with van der Waals surface area (Å²) in [6, 6.07) is 5.57. The molecule has 2 N–H and O–H groups in total. The van der Waals surface area contributed by atoms with Crippen LogP contribution in [0.4, 0.5) is 5.69 Å². The highest BCUT2D eigenvalue weighted by Crippen LogP contribution is 2.33. The summed E-state index contributed by atoms with van der Waals surface area (Å²) >= 11 is 1.57. The summed E-state index contributed by atoms with van der Waals surface area (Å²) < 4.78 is 1.02. The first-order valence-electron chi connectivity index (χ1n) is 6.95. The van der Waals surface area contributed by atoms with Gasteiger partial charge in [0.2, 0.25) is 5.91 Å². The molecule has 0 aliphatic heterocycles. The number of anilines is 1. The van der Waals surface area contributed by atoms with Gasteiger partial charge in [-0.25, -0.2) is 4.98 Å². The van der Waals surface area contributed by atoms with Gasteiger partial charge in [0, 0.05) is 5.69 Å². The number of carbonyl (C=O) groups excluding carboxylic acids is 1. The average molecular weight is 304 g/mol. The largest absolute Gasteiger partial charge is 0.481 e. The van der Waals surface area contributed by atoms with Gasteiger partial charge in [-0.3, -0.25) is 9.59 Å². The van der Waals surface area contributed by atoms with Crippen molar-refractivity contribution in [2.75, 3.05) is 5.32 Å². The van der Waals surface area contributed by atoms with E-state index in [-0.39, 0.29) is 5.91 Å². The van der Waals surface area contributed by atoms with Crippen molar-refractivity contribution in [3.8, 4) is 0 Å². The fraction of sp³-hybridized carbons (Fsp3) is 0.400. The van der Waals surface area contributed by atoms with Crippen molar-refractivity contribution < 1.29 is 14.7 Å². The molecule has 6 heteroatoms. The Labute approximate surface area is 126 Å². The number of fused-ring (bicyclic) bond motifs is 1. The number of hydrogen-bond donors (Lipinski definition) is 2. The van der Waals surface area contributed by atoms with Crippen LogP contribution in [0.25, 0.3) is 10.2 Å². The zero-order valence-corrected chi connectivity index (χ0v) is 12.4. The van der Waals surface area contributed by atoms with Gasteiger partial charge in [-0.05, 0) is 38.0 Å². The number of carbonyl (C=O) groups is 2. The summed E-state index contributed by atoms with van der Waals surface area (Å²) in [5.74, 6) is -2.05. The van der Waals surface area contributed by atoms with Crippen LogP contribution >= 0.6 is 11.3 Å². The number of nitrogens with one attached hydrogen (secondary N) is 1. The second kappa shape index (κ2) is 5.44. The minimum Gasteiger partial charge on any atom is -0.481 e. The molecule has 0 saturated heterocycles. The maximum atomic E-state index is 12.3. The number of aliphatic carboxylic acids is 1. The van der Waals surface area contributed by atoms with E-state index in [9.17, 15) is 9.59 Å². The van der Waals surface area contributed by atoms with Gasteiger partial charge in [0.1, 0.15) is 0 Å². The molecule has 2 aromatic rings. The van der Waals surface area contributed by atoms with E-state index < -0.39 is 17.8 Å². The molecule has 21 heavy (non-hydrogen) atoms. The van der Waals surface area contributed by atoms with Crippen molar-refractivity contribution in [1.82, 2.24) is 4.98 Å². The third-order valence-corrected chi connectivity index (χ3v) is 4.87. The molecule has 0 unspecified atom stereocenters. The topological polar surface area (TPSA) is 79.3 Å². The molecule has 5 nitrogen and oxygen atoms in total. The van der Waals surface area contributed by atoms with Gasteiger partial charge in [0.05, 0.1) is 27.1 Å². The lowest BCUT2D eigenvalue weighted by atomic mass is 9.95. The quantitative estimate of drug-likeness (QED) is 0.913. The molecular formula is C15H16N2O3S. The van der Waals surface area contributed by atoms with Crippen LogP contribution in [0, 0.1) is 18.8 Å². The van der Waals surface area contributed by atoms with E-state index in [1.807, 2.05) is 25.1 Å². The van der Waals surface area contributed by atoms with E-state index in [4.69, 9.17) is 5.11 Å². The Kier molecular flexibility index (Phi) is 3.63. The monoisotopic (exact) mass is 304 g/mol. The predicted octanol–water partition coefficient (Wildman–Crippen LogP) is 3.04. The zero-order chi connectivity index (χ0) is 15.0. The highest BCUT2D eigenvalue weighted by Gasteiger charge is 2.37. The lowest BCUT2D eigenvalue weighted by molar-refractivity contribution is -0.145. The lowest BCUT2D eigenvalue weighted by Gasteiger charge is -2.15. The number of carboxylic acid groups (broad SMARTS) is 1. The van der Waals surface area contributed by atoms with Crippen molar-refractivity contribution >= 4 is 39.1 Å². The van der Waals surface area contributed by atoms with Crippen molar-refractivity contribution in [2.45, 2.75) is 26.2 Å². The molecule has 110 valence electrons. The van der Waals surface area contributed by atoms with Gasteiger partial charge in [0.25, 0.3) is 0 Å². The number of rotatable bonds is 3. The Hall–Kier alpha value is -1.95. The predicted molar refractivity (Wildman–Crippen MR) is 81.5 cm³/mol. The van der Waals surface area contributed by atoms with Crippen LogP contribution in [-0.4, -0.2) is 22.0 Å². The maximum Gasteiger partial charge on any atom is 0.307 e. The van der Waals surface area contributed by atoms with Gasteiger partial charge < -0.3 is 10.4 Å². The molecule has 1 fully saturated rings. The van der Waals surface area contributed by atoms with Crippen LogP contribution in [0.15, 0.2) is 18.2 Å². The number of carboxylic acids is 1. The van der Waals surface area contributed by atoms with Crippen LogP contribution in [-0.2, 0) is 9.59 Å². The van der Waals surface area contributed by atoms with Crippen LogP contribution in [0.3, 0.4) is 0 Å². The summed E-state index contributed by atoms with van der Waals surface area (Å²) in [4.78, 5) is 27.8. The number of aromatic nitrogens is 1. The smallest absolute Gasteiger partial charge is 0.307 e. The van der Waals surface area contributed by atoms with E-state index in [0.717, 1.165) is 21.6 Å². The molecule has 1 aliphatic carbocycles. The second-order valence-electron chi connectivity index (χ2n) is 5.39. The second-order valence-corrected chi connectivity index (χ2v) is 6.62. The Morgan fingerprint density at radius 3 is 2.86 bits per heavy atom. The molecule has 0 radical (unpaired) electrons. The van der Waals surface area contributed by atoms with E-state index in [1.54, 1.807) is 11.3 Å². The number of aryl methyl sites for hydroxylation is 1. The standard InChI is InChI=1S/C15H16N2O3S/c1-8-16-12-6-5-9(7-13(12)21-8)17-14(18)10-3-2-4-11(10)15(19)20/h5-7,10-11H,2-4H2,1H3,(H,17,18)(H,19,20)/t10-,11+/m1/s1. The van der Waals surface area contributed by atoms with E-state index >= 15 is 0 Å². The summed E-state index contributed by atoms with van der Waals surface area (Å²) in [5.41, 5.74) is 1.62. The van der Waals surface area contributed by atoms with Crippen LogP contribution in [0.5, 0.6) is 0 Å². The minimum absolute atomic E-state index is 0.194. The zero-order valence-electron chi connectivity index (χ0n) is 11.6. The first-order chi connectivity index (χ1) is 10.0. The van der Waals surface area contributed by atoms with Crippen molar-refractivity contribution in [3.05, 3.63) is 23.2 Å². The Morgan fingerprint density at radius 2 is 2.10 bits per heavy atom. The Balaban J connectivity index is 1.77. The van der Waals surface area contributed by atoms with Crippen LogP contribution in [0.1, 0.15) is 24.3 Å². The number of hydrogen-bond acceptors (Lipinski definition) is 4. The minimum atomic E-state index is -0.874. The van der Waals surface area contributed by atoms with Crippen LogP contribution < -0.4 is 5.32 Å². The first kappa shape index (κ1) is 14.0. The van der Waals surface area contributed by atoms with E-state index in [1.165, 1.54) is 0 Å². The molecule has 1 saturated carbocycles. The average Bonchev–Trinajstić information content (AvgIpc) is 3.03. The molecule has 3 rings (SSSR count). The molecule has 1 amide bonds. The fourth-order valence-electron chi connectivity index (χ4n) is 2.92. The van der Waals surface area contributed by atoms with Crippen molar-refractivity contribution in [2.24, 2.45) is 11.8 Å². The highest BCUT2D eigenvalue weighted by atomic mass is 32.1. The SMILES string of the molecule is Cc1nc2ccc(NC(=O)[C@@H]3CCC[C@@H]3C(=O)O)cc2s1. The number of amides is 1. The van der Waals surface area contributed by atoms with Gasteiger partial charge >= 0.3 is 5.97 Å².